The lowest BCUT2D eigenvalue weighted by molar-refractivity contribution is -0.147. The highest BCUT2D eigenvalue weighted by atomic mass is 16.5. The number of ether oxygens (including phenoxy) is 2. The summed E-state index contributed by atoms with van der Waals surface area (Å²) in [5.74, 6) is -1.01. The van der Waals surface area contributed by atoms with Crippen LogP contribution in [0.2, 0.25) is 0 Å². The van der Waals surface area contributed by atoms with Gasteiger partial charge in [-0.3, -0.25) is 0 Å². The Hall–Kier alpha value is -4.64. The molecule has 1 unspecified atom stereocenters. The van der Waals surface area contributed by atoms with Crippen LogP contribution in [-0.4, -0.2) is 35.6 Å². The molecule has 2 aliphatic heterocycles. The summed E-state index contributed by atoms with van der Waals surface area (Å²) >= 11 is 0. The molecule has 4 aromatic carbocycles. The molecule has 2 heterocycles. The van der Waals surface area contributed by atoms with Crippen molar-refractivity contribution >= 4 is 11.9 Å². The van der Waals surface area contributed by atoms with E-state index in [0.29, 0.717) is 18.5 Å². The first-order valence-corrected chi connectivity index (χ1v) is 15.5. The summed E-state index contributed by atoms with van der Waals surface area (Å²) in [5, 5.41) is 0. The first-order valence-electron chi connectivity index (χ1n) is 15.5. The quantitative estimate of drug-likeness (QED) is 0.232. The van der Waals surface area contributed by atoms with Crippen LogP contribution in [0.4, 0.5) is 0 Å². The van der Waals surface area contributed by atoms with Crippen LogP contribution in [-0.2, 0) is 36.4 Å². The molecule has 0 N–H and O–H groups in total. The van der Waals surface area contributed by atoms with E-state index in [9.17, 15) is 9.59 Å². The lowest BCUT2D eigenvalue weighted by Gasteiger charge is -2.54. The molecule has 3 aliphatic rings. The molecule has 1 spiro atoms. The van der Waals surface area contributed by atoms with E-state index >= 15 is 0 Å². The first kappa shape index (κ1) is 28.1. The Morgan fingerprint density at radius 2 is 1.27 bits per heavy atom. The number of rotatable bonds is 5. The second-order valence-electron chi connectivity index (χ2n) is 12.6. The second kappa shape index (κ2) is 10.2. The Balaban J connectivity index is 1.75. The maximum atomic E-state index is 14.8. The molecular formula is C39H37NO4. The third kappa shape index (κ3) is 3.65. The van der Waals surface area contributed by atoms with Gasteiger partial charge in [0.05, 0.1) is 23.2 Å². The number of fused-ring (bicyclic) bond motifs is 9. The predicted octanol–water partition coefficient (Wildman–Crippen LogP) is 7.23. The molecule has 7 rings (SSSR count). The van der Waals surface area contributed by atoms with Crippen LogP contribution in [0.3, 0.4) is 0 Å². The number of aryl methyl sites for hydroxylation is 1. The molecule has 1 aliphatic carbocycles. The number of benzene rings is 4. The van der Waals surface area contributed by atoms with Crippen molar-refractivity contribution in [2.45, 2.75) is 64.2 Å². The molecular weight excluding hydrogens is 546 g/mol. The highest BCUT2D eigenvalue weighted by molar-refractivity contribution is 6.08. The Labute approximate surface area is 259 Å². The van der Waals surface area contributed by atoms with Crippen LogP contribution < -0.4 is 0 Å². The van der Waals surface area contributed by atoms with E-state index in [0.717, 1.165) is 38.9 Å². The predicted molar refractivity (Wildman–Crippen MR) is 171 cm³/mol. The van der Waals surface area contributed by atoms with E-state index in [1.807, 2.05) is 52.0 Å². The van der Waals surface area contributed by atoms with E-state index in [1.54, 1.807) is 0 Å². The Bertz CT molecular complexity index is 1800. The minimum absolute atomic E-state index is 0.284. The number of esters is 2. The molecule has 222 valence electrons. The largest absolute Gasteiger partial charge is 0.460 e. The molecule has 1 atom stereocenters. The van der Waals surface area contributed by atoms with Crippen molar-refractivity contribution in [3.05, 3.63) is 142 Å². The van der Waals surface area contributed by atoms with Gasteiger partial charge in [-0.25, -0.2) is 9.59 Å². The fourth-order valence-electron chi connectivity index (χ4n) is 8.11. The number of hydrogen-bond acceptors (Lipinski definition) is 5. The Morgan fingerprint density at radius 3 is 1.89 bits per heavy atom. The summed E-state index contributed by atoms with van der Waals surface area (Å²) in [4.78, 5) is 31.5. The maximum Gasteiger partial charge on any atom is 0.355 e. The van der Waals surface area contributed by atoms with Gasteiger partial charge in [0.1, 0.15) is 11.2 Å². The van der Waals surface area contributed by atoms with E-state index in [4.69, 9.17) is 9.47 Å². The average Bonchev–Trinajstić information content (AvgIpc) is 3.46. The van der Waals surface area contributed by atoms with Crippen LogP contribution in [0.1, 0.15) is 61.1 Å². The van der Waals surface area contributed by atoms with Gasteiger partial charge in [0.15, 0.2) is 0 Å². The molecule has 44 heavy (non-hydrogen) atoms. The lowest BCUT2D eigenvalue weighted by atomic mass is 9.54. The summed E-state index contributed by atoms with van der Waals surface area (Å²) in [6.45, 7) is 10.00. The number of nitrogens with zero attached hydrogens (tertiary/aromatic N) is 1. The topological polar surface area (TPSA) is 55.8 Å². The lowest BCUT2D eigenvalue weighted by Crippen LogP contribution is -2.59. The van der Waals surface area contributed by atoms with Gasteiger partial charge >= 0.3 is 11.9 Å². The highest BCUT2D eigenvalue weighted by Crippen LogP contribution is 2.70. The molecule has 4 aromatic rings. The second-order valence-corrected chi connectivity index (χ2v) is 12.6. The molecule has 0 bridgehead atoms. The van der Waals surface area contributed by atoms with Gasteiger partial charge in [-0.2, -0.15) is 0 Å². The van der Waals surface area contributed by atoms with Crippen molar-refractivity contribution in [2.24, 2.45) is 0 Å². The van der Waals surface area contributed by atoms with Crippen LogP contribution in [0.15, 0.2) is 108 Å². The molecule has 5 nitrogen and oxygen atoms in total. The summed E-state index contributed by atoms with van der Waals surface area (Å²) in [6, 6.07) is 33.7. The third-order valence-electron chi connectivity index (χ3n) is 9.31. The standard InChI is InChI=1S/C39H37NO4/c1-24(2)43-36(41)34-35(37(42)44-25(3)4)40-22-21-27-14-6-9-18-31(27)39(40,28-15-12-13-26(5)23-28)38(34)32-19-10-7-16-29(32)30-17-8-11-20-33(30)38/h6-20,23-25H,21-22H2,1-5H3. The van der Waals surface area contributed by atoms with Crippen molar-refractivity contribution < 1.29 is 19.1 Å². The zero-order valence-electron chi connectivity index (χ0n) is 25.9. The van der Waals surface area contributed by atoms with E-state index < -0.39 is 22.9 Å². The van der Waals surface area contributed by atoms with Crippen molar-refractivity contribution in [1.29, 1.82) is 0 Å². The summed E-state index contributed by atoms with van der Waals surface area (Å²) in [5.41, 5.74) is 6.94. The highest BCUT2D eigenvalue weighted by Gasteiger charge is 2.72. The van der Waals surface area contributed by atoms with Gasteiger partial charge in [-0.05, 0) is 80.0 Å². The summed E-state index contributed by atoms with van der Waals surface area (Å²) in [7, 11) is 0. The average molecular weight is 584 g/mol. The molecule has 0 radical (unpaired) electrons. The smallest absolute Gasteiger partial charge is 0.355 e. The van der Waals surface area contributed by atoms with Crippen LogP contribution in [0.5, 0.6) is 0 Å². The fourth-order valence-corrected chi connectivity index (χ4v) is 8.11. The van der Waals surface area contributed by atoms with Crippen molar-refractivity contribution in [2.75, 3.05) is 6.54 Å². The van der Waals surface area contributed by atoms with Gasteiger partial charge in [-0.15, -0.1) is 0 Å². The van der Waals surface area contributed by atoms with Gasteiger partial charge in [0, 0.05) is 6.54 Å². The van der Waals surface area contributed by atoms with Crippen LogP contribution in [0, 0.1) is 6.92 Å². The van der Waals surface area contributed by atoms with Gasteiger partial charge in [-0.1, -0.05) is 103 Å². The monoisotopic (exact) mass is 583 g/mol. The van der Waals surface area contributed by atoms with Gasteiger partial charge in [0.2, 0.25) is 0 Å². The third-order valence-corrected chi connectivity index (χ3v) is 9.31. The number of carbonyl (C=O) groups excluding carboxylic acids is 2. The Kier molecular flexibility index (Phi) is 6.54. The molecule has 0 aromatic heterocycles. The van der Waals surface area contributed by atoms with E-state index in [1.165, 1.54) is 5.56 Å². The van der Waals surface area contributed by atoms with E-state index in [-0.39, 0.29) is 17.9 Å². The van der Waals surface area contributed by atoms with Crippen molar-refractivity contribution in [3.8, 4) is 11.1 Å². The van der Waals surface area contributed by atoms with Crippen molar-refractivity contribution in [3.63, 3.8) is 0 Å². The molecule has 0 amide bonds. The first-order chi connectivity index (χ1) is 21.2. The van der Waals surface area contributed by atoms with Crippen LogP contribution in [0.25, 0.3) is 11.1 Å². The summed E-state index contributed by atoms with van der Waals surface area (Å²) in [6.07, 6.45) is -0.0442. The van der Waals surface area contributed by atoms with Gasteiger partial charge in [0.25, 0.3) is 0 Å². The maximum absolute atomic E-state index is 14.8. The number of carbonyl (C=O) groups is 2. The summed E-state index contributed by atoms with van der Waals surface area (Å²) < 4.78 is 12.1. The number of hydrogen-bond donors (Lipinski definition) is 0. The van der Waals surface area contributed by atoms with E-state index in [2.05, 4.69) is 84.6 Å². The zero-order valence-corrected chi connectivity index (χ0v) is 25.9. The normalized spacial score (nSPS) is 19.1. The van der Waals surface area contributed by atoms with Crippen LogP contribution >= 0.6 is 0 Å². The van der Waals surface area contributed by atoms with Crippen molar-refractivity contribution in [1.82, 2.24) is 4.90 Å². The fraction of sp³-hybridized carbons (Fsp3) is 0.282. The Morgan fingerprint density at radius 1 is 0.705 bits per heavy atom. The SMILES string of the molecule is Cc1cccc(C23c4ccccc4CCN2C(C(=O)OC(C)C)=C(C(=O)OC(C)C)C32c3ccccc3-c3ccccc32)c1. The minimum Gasteiger partial charge on any atom is -0.460 e. The molecule has 0 saturated heterocycles. The zero-order chi connectivity index (χ0) is 30.8. The molecule has 0 fully saturated rings. The molecule has 5 heteroatoms. The van der Waals surface area contributed by atoms with Gasteiger partial charge < -0.3 is 14.4 Å². The molecule has 0 saturated carbocycles. The minimum atomic E-state index is -1.12.